The first-order valence-electron chi connectivity index (χ1n) is 6.56. The molecule has 0 saturated heterocycles. The molecule has 1 aromatic carbocycles. The van der Waals surface area contributed by atoms with Gasteiger partial charge in [0, 0.05) is 19.7 Å². The summed E-state index contributed by atoms with van der Waals surface area (Å²) in [4.78, 5) is 16.0. The Bertz CT molecular complexity index is 649. The highest BCUT2D eigenvalue weighted by atomic mass is 16.1. The van der Waals surface area contributed by atoms with Crippen LogP contribution in [0.4, 0.5) is 11.4 Å². The lowest BCUT2D eigenvalue weighted by molar-refractivity contribution is -0.111. The van der Waals surface area contributed by atoms with Crippen molar-refractivity contribution in [3.8, 4) is 0 Å². The molecular formula is C17H16N2O. The van der Waals surface area contributed by atoms with Gasteiger partial charge in [0.15, 0.2) is 5.78 Å². The van der Waals surface area contributed by atoms with Crippen molar-refractivity contribution < 1.29 is 4.79 Å². The molecule has 0 atom stereocenters. The number of fused-ring (bicyclic) bond motifs is 1. The molecule has 1 aliphatic heterocycles. The highest BCUT2D eigenvalue weighted by Crippen LogP contribution is 2.39. The fraction of sp³-hybridized carbons (Fsp3) is 0.118. The minimum atomic E-state index is 0.0465. The topological polar surface area (TPSA) is 23.6 Å². The molecule has 0 radical (unpaired) electrons. The highest BCUT2D eigenvalue weighted by molar-refractivity contribution is 6.07. The number of carbonyl (C=O) groups excluding carboxylic acids is 1. The predicted octanol–water partition coefficient (Wildman–Crippen LogP) is 3.04. The first kappa shape index (κ1) is 12.5. The third-order valence-electron chi connectivity index (χ3n) is 3.62. The van der Waals surface area contributed by atoms with Crippen LogP contribution < -0.4 is 9.80 Å². The van der Waals surface area contributed by atoms with Crippen molar-refractivity contribution >= 4 is 17.2 Å². The number of carbonyl (C=O) groups is 1. The highest BCUT2D eigenvalue weighted by Gasteiger charge is 2.24. The van der Waals surface area contributed by atoms with Gasteiger partial charge in [-0.25, -0.2) is 0 Å². The smallest absolute Gasteiger partial charge is 0.185 e. The number of hydrogen-bond donors (Lipinski definition) is 0. The molecular weight excluding hydrogens is 248 g/mol. The number of ketones is 1. The molecule has 0 amide bonds. The van der Waals surface area contributed by atoms with Crippen molar-refractivity contribution in [3.05, 3.63) is 72.1 Å². The van der Waals surface area contributed by atoms with Gasteiger partial charge in [0.2, 0.25) is 0 Å². The zero-order valence-corrected chi connectivity index (χ0v) is 11.6. The van der Waals surface area contributed by atoms with Gasteiger partial charge in [0.25, 0.3) is 0 Å². The van der Waals surface area contributed by atoms with Crippen LogP contribution in [0.25, 0.3) is 0 Å². The van der Waals surface area contributed by atoms with Gasteiger partial charge in [-0.3, -0.25) is 4.79 Å². The summed E-state index contributed by atoms with van der Waals surface area (Å²) >= 11 is 0. The van der Waals surface area contributed by atoms with Crippen LogP contribution in [0, 0.1) is 0 Å². The summed E-state index contributed by atoms with van der Waals surface area (Å²) < 4.78 is 0. The summed E-state index contributed by atoms with van der Waals surface area (Å²) in [6.07, 6.45) is 10.9. The van der Waals surface area contributed by atoms with Crippen molar-refractivity contribution in [1.29, 1.82) is 0 Å². The van der Waals surface area contributed by atoms with E-state index in [1.807, 2.05) is 50.5 Å². The monoisotopic (exact) mass is 264 g/mol. The lowest BCUT2D eigenvalue weighted by Crippen LogP contribution is -2.21. The van der Waals surface area contributed by atoms with Crippen molar-refractivity contribution in [1.82, 2.24) is 0 Å². The van der Waals surface area contributed by atoms with E-state index in [0.717, 1.165) is 5.82 Å². The lowest BCUT2D eigenvalue weighted by atomic mass is 10.1. The van der Waals surface area contributed by atoms with E-state index >= 15 is 0 Å². The molecule has 0 spiro atoms. The second kappa shape index (κ2) is 4.85. The van der Waals surface area contributed by atoms with Crippen molar-refractivity contribution in [2.75, 3.05) is 23.9 Å². The largest absolute Gasteiger partial charge is 0.329 e. The van der Waals surface area contributed by atoms with Crippen LogP contribution in [0.5, 0.6) is 0 Å². The summed E-state index contributed by atoms with van der Waals surface area (Å²) in [5, 5.41) is 0. The van der Waals surface area contributed by atoms with Gasteiger partial charge in [-0.1, -0.05) is 30.4 Å². The molecule has 2 aliphatic rings. The lowest BCUT2D eigenvalue weighted by Gasteiger charge is -2.17. The Morgan fingerprint density at radius 2 is 1.50 bits per heavy atom. The summed E-state index contributed by atoms with van der Waals surface area (Å²) in [6, 6.07) is 8.24. The summed E-state index contributed by atoms with van der Waals surface area (Å²) in [5.74, 6) is 1.10. The van der Waals surface area contributed by atoms with E-state index in [-0.39, 0.29) is 5.78 Å². The van der Waals surface area contributed by atoms with E-state index in [1.54, 1.807) is 12.2 Å². The number of nitrogens with zero attached hydrogens (tertiary/aromatic N) is 2. The molecule has 0 saturated carbocycles. The summed E-state index contributed by atoms with van der Waals surface area (Å²) in [6.45, 7) is 0. The van der Waals surface area contributed by atoms with Crippen LogP contribution in [0.3, 0.4) is 0 Å². The first-order valence-corrected chi connectivity index (χ1v) is 6.56. The van der Waals surface area contributed by atoms with Crippen LogP contribution in [-0.2, 0) is 4.79 Å². The van der Waals surface area contributed by atoms with E-state index in [0.29, 0.717) is 5.57 Å². The fourth-order valence-electron chi connectivity index (χ4n) is 2.51. The number of benzene rings is 1. The summed E-state index contributed by atoms with van der Waals surface area (Å²) in [5.41, 5.74) is 3.05. The number of anilines is 2. The Balaban J connectivity index is 1.95. The first-order chi connectivity index (χ1) is 9.68. The molecule has 0 unspecified atom stereocenters. The van der Waals surface area contributed by atoms with E-state index in [2.05, 4.69) is 21.9 Å². The van der Waals surface area contributed by atoms with Crippen LogP contribution in [0.1, 0.15) is 0 Å². The van der Waals surface area contributed by atoms with E-state index in [9.17, 15) is 4.79 Å². The van der Waals surface area contributed by atoms with E-state index < -0.39 is 0 Å². The van der Waals surface area contributed by atoms with Crippen molar-refractivity contribution in [2.45, 2.75) is 0 Å². The van der Waals surface area contributed by atoms with Gasteiger partial charge in [0.1, 0.15) is 5.82 Å². The molecule has 0 aromatic heterocycles. The molecule has 3 heteroatoms. The molecule has 1 aliphatic carbocycles. The molecule has 1 heterocycles. The quantitative estimate of drug-likeness (QED) is 0.728. The van der Waals surface area contributed by atoms with Crippen LogP contribution >= 0.6 is 0 Å². The predicted molar refractivity (Wildman–Crippen MR) is 82.7 cm³/mol. The SMILES string of the molecule is CN1C(=CC=C2C=CC=CC2=O)N(C)c2ccccc21. The molecule has 0 bridgehead atoms. The van der Waals surface area contributed by atoms with Gasteiger partial charge < -0.3 is 9.80 Å². The molecule has 3 rings (SSSR count). The summed E-state index contributed by atoms with van der Waals surface area (Å²) in [7, 11) is 4.07. The van der Waals surface area contributed by atoms with Gasteiger partial charge in [0.05, 0.1) is 11.4 Å². The minimum absolute atomic E-state index is 0.0465. The molecule has 100 valence electrons. The second-order valence-corrected chi connectivity index (χ2v) is 4.84. The molecule has 0 N–H and O–H groups in total. The maximum Gasteiger partial charge on any atom is 0.185 e. The van der Waals surface area contributed by atoms with Crippen molar-refractivity contribution in [3.63, 3.8) is 0 Å². The third kappa shape index (κ3) is 1.97. The maximum absolute atomic E-state index is 11.7. The Morgan fingerprint density at radius 3 is 2.10 bits per heavy atom. The Kier molecular flexibility index (Phi) is 3.03. The average Bonchev–Trinajstić information content (AvgIpc) is 2.71. The molecule has 1 aromatic rings. The number of rotatable bonds is 1. The maximum atomic E-state index is 11.7. The fourth-order valence-corrected chi connectivity index (χ4v) is 2.51. The Labute approximate surface area is 118 Å². The van der Waals surface area contributed by atoms with Crippen LogP contribution in [0.15, 0.2) is 72.1 Å². The zero-order chi connectivity index (χ0) is 14.1. The van der Waals surface area contributed by atoms with Crippen LogP contribution in [-0.4, -0.2) is 19.9 Å². The second-order valence-electron chi connectivity index (χ2n) is 4.84. The molecule has 3 nitrogen and oxygen atoms in total. The normalized spacial score (nSPS) is 19.0. The minimum Gasteiger partial charge on any atom is -0.329 e. The third-order valence-corrected chi connectivity index (χ3v) is 3.62. The van der Waals surface area contributed by atoms with E-state index in [1.165, 1.54) is 11.4 Å². The standard InChI is InChI=1S/C17H16N2O/c1-18-14-8-4-5-9-15(14)19(2)17(18)12-11-13-7-3-6-10-16(13)20/h3-12H,1-2H3. The van der Waals surface area contributed by atoms with Gasteiger partial charge in [-0.2, -0.15) is 0 Å². The number of hydrogen-bond acceptors (Lipinski definition) is 3. The Morgan fingerprint density at radius 1 is 0.900 bits per heavy atom. The van der Waals surface area contributed by atoms with Gasteiger partial charge in [-0.05, 0) is 30.4 Å². The van der Waals surface area contributed by atoms with Gasteiger partial charge >= 0.3 is 0 Å². The number of para-hydroxylation sites is 2. The van der Waals surface area contributed by atoms with Gasteiger partial charge in [-0.15, -0.1) is 0 Å². The van der Waals surface area contributed by atoms with E-state index in [4.69, 9.17) is 0 Å². The molecule has 20 heavy (non-hydrogen) atoms. The van der Waals surface area contributed by atoms with Crippen molar-refractivity contribution in [2.24, 2.45) is 0 Å². The average molecular weight is 264 g/mol. The molecule has 0 fully saturated rings. The zero-order valence-electron chi connectivity index (χ0n) is 11.6. The Hall–Kier alpha value is -2.55. The number of allylic oxidation sites excluding steroid dienone is 7. The van der Waals surface area contributed by atoms with Crippen LogP contribution in [0.2, 0.25) is 0 Å².